The predicted octanol–water partition coefficient (Wildman–Crippen LogP) is 2.54. The Morgan fingerprint density at radius 2 is 2.11 bits per heavy atom. The summed E-state index contributed by atoms with van der Waals surface area (Å²) in [4.78, 5) is 26.4. The molecule has 2 amide bonds. The van der Waals surface area contributed by atoms with Crippen molar-refractivity contribution in [3.8, 4) is 0 Å². The lowest BCUT2D eigenvalue weighted by Gasteiger charge is -2.23. The Morgan fingerprint density at radius 3 is 2.86 bits per heavy atom. The van der Waals surface area contributed by atoms with Gasteiger partial charge < -0.3 is 15.0 Å². The molecule has 0 spiro atoms. The van der Waals surface area contributed by atoms with Gasteiger partial charge in [-0.25, -0.2) is 0 Å². The smallest absolute Gasteiger partial charge is 0.231 e. The van der Waals surface area contributed by atoms with Crippen molar-refractivity contribution in [3.63, 3.8) is 0 Å². The Hall–Kier alpha value is -2.32. The van der Waals surface area contributed by atoms with Crippen LogP contribution in [0.1, 0.15) is 30.3 Å². The van der Waals surface area contributed by atoms with Gasteiger partial charge in [-0.05, 0) is 25.3 Å². The second kappa shape index (κ2) is 9.75. The minimum atomic E-state index is -0.364. The zero-order valence-corrected chi connectivity index (χ0v) is 17.1. The number of carbonyl (C=O) groups excluding carboxylic acids is 2. The third-order valence-electron chi connectivity index (χ3n) is 4.87. The number of nitrogens with one attached hydrogen (secondary N) is 1. The molecule has 2 atom stereocenters. The lowest BCUT2D eigenvalue weighted by molar-refractivity contribution is -0.130. The summed E-state index contributed by atoms with van der Waals surface area (Å²) in [5, 5.41) is 12.5. The van der Waals surface area contributed by atoms with Gasteiger partial charge in [0.05, 0.1) is 18.6 Å². The summed E-state index contributed by atoms with van der Waals surface area (Å²) in [5.74, 6) is -0.548. The number of carbonyl (C=O) groups is 2. The minimum Gasteiger partial charge on any atom is -0.383 e. The van der Waals surface area contributed by atoms with Crippen molar-refractivity contribution in [1.29, 1.82) is 0 Å². The number of benzene rings is 1. The van der Waals surface area contributed by atoms with Crippen LogP contribution in [0, 0.1) is 5.92 Å². The van der Waals surface area contributed by atoms with Crippen LogP contribution in [-0.2, 0) is 27.2 Å². The van der Waals surface area contributed by atoms with E-state index in [1.165, 1.54) is 16.9 Å². The van der Waals surface area contributed by atoms with Gasteiger partial charge in [0, 0.05) is 26.5 Å². The molecule has 1 N–H and O–H groups in total. The van der Waals surface area contributed by atoms with E-state index in [0.717, 1.165) is 24.3 Å². The molecule has 1 saturated heterocycles. The van der Waals surface area contributed by atoms with Gasteiger partial charge >= 0.3 is 0 Å². The van der Waals surface area contributed by atoms with E-state index in [0.29, 0.717) is 18.3 Å². The average molecular weight is 403 g/mol. The van der Waals surface area contributed by atoms with Gasteiger partial charge in [0.25, 0.3) is 0 Å². The molecule has 2 heterocycles. The molecule has 0 aliphatic carbocycles. The standard InChI is InChI=1S/C20H26N4O3S/c1-14(13-27-2)24-12-16(11-18(24)25)19(26)21-20-23-22-17(28-20)10-6-9-15-7-4-3-5-8-15/h3-5,7-8,14,16H,6,9-13H2,1-2H3,(H,21,23,26)/t14-,16+/m1/s1. The third kappa shape index (κ3) is 5.36. The molecule has 0 bridgehead atoms. The molecule has 150 valence electrons. The van der Waals surface area contributed by atoms with Crippen molar-refractivity contribution in [2.45, 2.75) is 38.6 Å². The largest absolute Gasteiger partial charge is 0.383 e. The van der Waals surface area contributed by atoms with E-state index in [-0.39, 0.29) is 30.2 Å². The van der Waals surface area contributed by atoms with Gasteiger partial charge in [0.2, 0.25) is 16.9 Å². The molecule has 7 nitrogen and oxygen atoms in total. The predicted molar refractivity (Wildman–Crippen MR) is 108 cm³/mol. The number of rotatable bonds is 9. The summed E-state index contributed by atoms with van der Waals surface area (Å²) in [6.07, 6.45) is 3.02. The summed E-state index contributed by atoms with van der Waals surface area (Å²) in [6, 6.07) is 10.3. The van der Waals surface area contributed by atoms with Crippen molar-refractivity contribution in [2.24, 2.45) is 5.92 Å². The number of aryl methyl sites for hydroxylation is 2. The zero-order valence-electron chi connectivity index (χ0n) is 16.3. The van der Waals surface area contributed by atoms with E-state index in [2.05, 4.69) is 27.6 Å². The Morgan fingerprint density at radius 1 is 1.32 bits per heavy atom. The number of aromatic nitrogens is 2. The van der Waals surface area contributed by atoms with Crippen LogP contribution >= 0.6 is 11.3 Å². The summed E-state index contributed by atoms with van der Waals surface area (Å²) < 4.78 is 5.11. The van der Waals surface area contributed by atoms with Crippen molar-refractivity contribution in [1.82, 2.24) is 15.1 Å². The van der Waals surface area contributed by atoms with Crippen LogP contribution in [0.3, 0.4) is 0 Å². The molecule has 1 aliphatic rings. The van der Waals surface area contributed by atoms with Gasteiger partial charge in [0.15, 0.2) is 0 Å². The maximum Gasteiger partial charge on any atom is 0.231 e. The lowest BCUT2D eigenvalue weighted by Crippen LogP contribution is -2.38. The summed E-state index contributed by atoms with van der Waals surface area (Å²) >= 11 is 1.40. The highest BCUT2D eigenvalue weighted by molar-refractivity contribution is 7.15. The molecule has 1 aromatic heterocycles. The number of methoxy groups -OCH3 is 1. The fourth-order valence-corrected chi connectivity index (χ4v) is 4.15. The van der Waals surface area contributed by atoms with Crippen molar-refractivity contribution >= 4 is 28.3 Å². The first-order chi connectivity index (χ1) is 13.6. The van der Waals surface area contributed by atoms with Crippen LogP contribution in [0.15, 0.2) is 30.3 Å². The quantitative estimate of drug-likeness (QED) is 0.697. The average Bonchev–Trinajstić information content (AvgIpc) is 3.29. The molecule has 2 aromatic rings. The van der Waals surface area contributed by atoms with Crippen LogP contribution in [0.4, 0.5) is 5.13 Å². The second-order valence-electron chi connectivity index (χ2n) is 7.08. The van der Waals surface area contributed by atoms with E-state index in [4.69, 9.17) is 4.74 Å². The van der Waals surface area contributed by atoms with E-state index in [1.54, 1.807) is 12.0 Å². The lowest BCUT2D eigenvalue weighted by atomic mass is 10.1. The number of ether oxygens (including phenoxy) is 1. The number of anilines is 1. The first kappa shape index (κ1) is 20.4. The molecule has 0 radical (unpaired) electrons. The van der Waals surface area contributed by atoms with Gasteiger partial charge in [0.1, 0.15) is 5.01 Å². The molecule has 1 aromatic carbocycles. The van der Waals surface area contributed by atoms with Crippen LogP contribution in [-0.4, -0.2) is 53.2 Å². The minimum absolute atomic E-state index is 0.0106. The molecular weight excluding hydrogens is 376 g/mol. The van der Waals surface area contributed by atoms with E-state index in [1.807, 2.05) is 25.1 Å². The summed E-state index contributed by atoms with van der Waals surface area (Å²) in [7, 11) is 1.61. The number of nitrogens with zero attached hydrogens (tertiary/aromatic N) is 3. The molecular formula is C20H26N4O3S. The van der Waals surface area contributed by atoms with Crippen LogP contribution in [0.25, 0.3) is 0 Å². The van der Waals surface area contributed by atoms with Crippen LogP contribution in [0.5, 0.6) is 0 Å². The molecule has 8 heteroatoms. The normalized spacial score (nSPS) is 17.7. The number of hydrogen-bond acceptors (Lipinski definition) is 6. The van der Waals surface area contributed by atoms with Crippen molar-refractivity contribution < 1.29 is 14.3 Å². The maximum atomic E-state index is 12.5. The molecule has 28 heavy (non-hydrogen) atoms. The Kier molecular flexibility index (Phi) is 7.11. The molecule has 1 fully saturated rings. The Balaban J connectivity index is 1.47. The van der Waals surface area contributed by atoms with Gasteiger partial charge in [-0.1, -0.05) is 41.7 Å². The number of hydrogen-bond donors (Lipinski definition) is 1. The monoisotopic (exact) mass is 402 g/mol. The fraction of sp³-hybridized carbons (Fsp3) is 0.500. The van der Waals surface area contributed by atoms with Crippen LogP contribution in [0.2, 0.25) is 0 Å². The summed E-state index contributed by atoms with van der Waals surface area (Å²) in [6.45, 7) is 2.80. The SMILES string of the molecule is COC[C@@H](C)N1C[C@@H](C(=O)Nc2nnc(CCCc3ccccc3)s2)CC1=O. The first-order valence-electron chi connectivity index (χ1n) is 9.52. The van der Waals surface area contributed by atoms with Gasteiger partial charge in [-0.2, -0.15) is 0 Å². The molecule has 3 rings (SSSR count). The van der Waals surface area contributed by atoms with Gasteiger partial charge in [-0.3, -0.25) is 9.59 Å². The fourth-order valence-electron chi connectivity index (χ4n) is 3.37. The number of likely N-dealkylation sites (tertiary alicyclic amines) is 1. The zero-order chi connectivity index (χ0) is 19.9. The number of amides is 2. The highest BCUT2D eigenvalue weighted by atomic mass is 32.1. The van der Waals surface area contributed by atoms with E-state index in [9.17, 15) is 9.59 Å². The van der Waals surface area contributed by atoms with E-state index >= 15 is 0 Å². The van der Waals surface area contributed by atoms with Gasteiger partial charge in [-0.15, -0.1) is 10.2 Å². The summed E-state index contributed by atoms with van der Waals surface area (Å²) in [5.41, 5.74) is 1.30. The second-order valence-corrected chi connectivity index (χ2v) is 8.14. The van der Waals surface area contributed by atoms with Crippen molar-refractivity contribution in [3.05, 3.63) is 40.9 Å². The molecule has 0 saturated carbocycles. The molecule has 1 aliphatic heterocycles. The maximum absolute atomic E-state index is 12.5. The van der Waals surface area contributed by atoms with Crippen LogP contribution < -0.4 is 5.32 Å². The van der Waals surface area contributed by atoms with Crippen molar-refractivity contribution in [2.75, 3.05) is 25.6 Å². The Bertz CT molecular complexity index is 796. The first-order valence-corrected chi connectivity index (χ1v) is 10.3. The Labute approximate surface area is 169 Å². The van der Waals surface area contributed by atoms with E-state index < -0.39 is 0 Å². The topological polar surface area (TPSA) is 84.4 Å². The highest BCUT2D eigenvalue weighted by Gasteiger charge is 2.36. The highest BCUT2D eigenvalue weighted by Crippen LogP contribution is 2.23. The molecule has 0 unspecified atom stereocenters. The third-order valence-corrected chi connectivity index (χ3v) is 5.76.